The molecule has 1 N–H and O–H groups in total. The molecule has 4 nitrogen and oxygen atoms in total. The molecule has 0 aliphatic rings. The van der Waals surface area contributed by atoms with Gasteiger partial charge in [-0.05, 0) is 46.6 Å². The predicted octanol–water partition coefficient (Wildman–Crippen LogP) is 3.47. The molecule has 0 spiro atoms. The molecule has 3 aromatic rings. The number of halogens is 1. The lowest BCUT2D eigenvalue weighted by Gasteiger charge is -1.97. The minimum Gasteiger partial charge on any atom is -0.348 e. The Morgan fingerprint density at radius 1 is 1.33 bits per heavy atom. The Bertz CT molecular complexity index is 688. The quantitative estimate of drug-likeness (QED) is 0.802. The minimum atomic E-state index is 0.658. The monoisotopic (exact) mass is 322 g/mol. The summed E-state index contributed by atoms with van der Waals surface area (Å²) in [6.45, 7) is 2.78. The lowest BCUT2D eigenvalue weighted by atomic mass is 10.3. The molecule has 0 saturated carbocycles. The summed E-state index contributed by atoms with van der Waals surface area (Å²) < 4.78 is 2.93. The summed E-state index contributed by atoms with van der Waals surface area (Å²) in [4.78, 5) is 5.66. The molecule has 3 heterocycles. The second-order valence-electron chi connectivity index (χ2n) is 4.00. The van der Waals surface area contributed by atoms with E-state index in [9.17, 15) is 0 Å². The topological polar surface area (TPSA) is 42.2 Å². The predicted molar refractivity (Wildman–Crippen MR) is 77.1 cm³/mol. The number of fused-ring (bicyclic) bond motifs is 1. The average Bonchev–Trinajstić information content (AvgIpc) is 2.92. The number of hydrogen-bond acceptors (Lipinski definition) is 4. The van der Waals surface area contributed by atoms with Gasteiger partial charge in [-0.3, -0.25) is 0 Å². The molecule has 3 aromatic heterocycles. The molecule has 0 aliphatic carbocycles. The summed E-state index contributed by atoms with van der Waals surface area (Å²) in [6.07, 6.45) is 1.97. The van der Waals surface area contributed by atoms with Crippen LogP contribution in [0.3, 0.4) is 0 Å². The highest BCUT2D eigenvalue weighted by Crippen LogP contribution is 2.22. The molecule has 0 aliphatic heterocycles. The van der Waals surface area contributed by atoms with E-state index in [0.29, 0.717) is 5.95 Å². The van der Waals surface area contributed by atoms with Crippen molar-refractivity contribution in [2.24, 2.45) is 0 Å². The normalized spacial score (nSPS) is 11.0. The molecule has 6 heteroatoms. The van der Waals surface area contributed by atoms with E-state index in [2.05, 4.69) is 37.4 Å². The number of rotatable bonds is 3. The molecule has 92 valence electrons. The van der Waals surface area contributed by atoms with Crippen LogP contribution in [-0.2, 0) is 6.54 Å². The molecule has 0 aromatic carbocycles. The van der Waals surface area contributed by atoms with Crippen LogP contribution in [0.2, 0.25) is 0 Å². The second kappa shape index (κ2) is 4.70. The van der Waals surface area contributed by atoms with Gasteiger partial charge in [-0.1, -0.05) is 6.07 Å². The van der Waals surface area contributed by atoms with Crippen molar-refractivity contribution >= 4 is 38.9 Å². The van der Waals surface area contributed by atoms with Gasteiger partial charge in [-0.25, -0.2) is 4.52 Å². The highest BCUT2D eigenvalue weighted by Gasteiger charge is 2.04. The standard InChI is InChI=1S/C12H11BrN4S/c1-8-2-5-11-15-12(16-17(11)7-8)14-6-9-3-4-10(13)18-9/h2-5,7H,6H2,1H3,(H,14,16). The average molecular weight is 323 g/mol. The molecule has 0 radical (unpaired) electrons. The van der Waals surface area contributed by atoms with E-state index in [1.54, 1.807) is 15.9 Å². The van der Waals surface area contributed by atoms with Crippen molar-refractivity contribution in [2.75, 3.05) is 5.32 Å². The Morgan fingerprint density at radius 3 is 3.00 bits per heavy atom. The number of anilines is 1. The molecule has 0 atom stereocenters. The molecule has 0 fully saturated rings. The van der Waals surface area contributed by atoms with Crippen LogP contribution in [0.15, 0.2) is 34.2 Å². The molecular weight excluding hydrogens is 312 g/mol. The number of pyridine rings is 1. The summed E-state index contributed by atoms with van der Waals surface area (Å²) in [7, 11) is 0. The highest BCUT2D eigenvalue weighted by atomic mass is 79.9. The van der Waals surface area contributed by atoms with Gasteiger partial charge in [0.25, 0.3) is 0 Å². The van der Waals surface area contributed by atoms with Crippen molar-refractivity contribution in [1.29, 1.82) is 0 Å². The van der Waals surface area contributed by atoms with Crippen LogP contribution in [0.1, 0.15) is 10.4 Å². The molecular formula is C12H11BrN4S. The summed E-state index contributed by atoms with van der Waals surface area (Å²) in [6, 6.07) is 8.13. The van der Waals surface area contributed by atoms with Crippen molar-refractivity contribution in [3.8, 4) is 0 Å². The number of nitrogens with one attached hydrogen (secondary N) is 1. The largest absolute Gasteiger partial charge is 0.348 e. The maximum absolute atomic E-state index is 4.41. The third-order valence-electron chi connectivity index (χ3n) is 2.53. The second-order valence-corrected chi connectivity index (χ2v) is 6.55. The van der Waals surface area contributed by atoms with Crippen molar-refractivity contribution in [2.45, 2.75) is 13.5 Å². The van der Waals surface area contributed by atoms with Crippen molar-refractivity contribution < 1.29 is 0 Å². The van der Waals surface area contributed by atoms with Crippen LogP contribution in [0.25, 0.3) is 5.65 Å². The number of thiophene rings is 1. The summed E-state index contributed by atoms with van der Waals surface area (Å²) in [5, 5.41) is 7.61. The Kier molecular flexibility index (Phi) is 3.05. The van der Waals surface area contributed by atoms with Gasteiger partial charge in [0.1, 0.15) is 0 Å². The van der Waals surface area contributed by atoms with E-state index in [4.69, 9.17) is 0 Å². The SMILES string of the molecule is Cc1ccc2nc(NCc3ccc(Br)s3)nn2c1. The zero-order chi connectivity index (χ0) is 12.5. The lowest BCUT2D eigenvalue weighted by Crippen LogP contribution is -1.99. The van der Waals surface area contributed by atoms with Gasteiger partial charge in [0.05, 0.1) is 10.3 Å². The van der Waals surface area contributed by atoms with Gasteiger partial charge in [0.15, 0.2) is 5.65 Å². The third kappa shape index (κ3) is 2.39. The van der Waals surface area contributed by atoms with E-state index in [1.165, 1.54) is 10.4 Å². The fraction of sp³-hybridized carbons (Fsp3) is 0.167. The zero-order valence-corrected chi connectivity index (χ0v) is 12.1. The van der Waals surface area contributed by atoms with Crippen molar-refractivity contribution in [1.82, 2.24) is 14.6 Å². The van der Waals surface area contributed by atoms with E-state index in [1.807, 2.05) is 31.3 Å². The van der Waals surface area contributed by atoms with Crippen LogP contribution in [0.4, 0.5) is 5.95 Å². The van der Waals surface area contributed by atoms with E-state index >= 15 is 0 Å². The molecule has 0 amide bonds. The molecule has 18 heavy (non-hydrogen) atoms. The van der Waals surface area contributed by atoms with Gasteiger partial charge in [0.2, 0.25) is 5.95 Å². The van der Waals surface area contributed by atoms with Crippen molar-refractivity contribution in [3.05, 3.63) is 44.7 Å². The summed E-state index contributed by atoms with van der Waals surface area (Å²) in [5.41, 5.74) is 2.02. The first kappa shape index (κ1) is 11.7. The van der Waals surface area contributed by atoms with Gasteiger partial charge in [0, 0.05) is 11.1 Å². The Morgan fingerprint density at radius 2 is 2.22 bits per heavy atom. The van der Waals surface area contributed by atoms with E-state index in [0.717, 1.165) is 16.0 Å². The minimum absolute atomic E-state index is 0.658. The fourth-order valence-corrected chi connectivity index (χ4v) is 3.10. The Labute approximate surface area is 117 Å². The Balaban J connectivity index is 1.78. The molecule has 3 rings (SSSR count). The van der Waals surface area contributed by atoms with Crippen molar-refractivity contribution in [3.63, 3.8) is 0 Å². The first-order valence-corrected chi connectivity index (χ1v) is 7.13. The third-order valence-corrected chi connectivity index (χ3v) is 4.15. The van der Waals surface area contributed by atoms with Crippen LogP contribution in [0.5, 0.6) is 0 Å². The Hall–Kier alpha value is -1.40. The van der Waals surface area contributed by atoms with Crippen LogP contribution in [-0.4, -0.2) is 14.6 Å². The molecule has 0 saturated heterocycles. The van der Waals surface area contributed by atoms with Gasteiger partial charge in [-0.2, -0.15) is 4.98 Å². The van der Waals surface area contributed by atoms with E-state index < -0.39 is 0 Å². The van der Waals surface area contributed by atoms with Crippen LogP contribution in [0, 0.1) is 6.92 Å². The van der Waals surface area contributed by atoms with Gasteiger partial charge in [-0.15, -0.1) is 16.4 Å². The lowest BCUT2D eigenvalue weighted by molar-refractivity contribution is 0.944. The number of hydrogen-bond donors (Lipinski definition) is 1. The number of aryl methyl sites for hydroxylation is 1. The van der Waals surface area contributed by atoms with E-state index in [-0.39, 0.29) is 0 Å². The van der Waals surface area contributed by atoms with Gasteiger partial charge < -0.3 is 5.32 Å². The molecule has 0 unspecified atom stereocenters. The molecule has 0 bridgehead atoms. The number of aromatic nitrogens is 3. The highest BCUT2D eigenvalue weighted by molar-refractivity contribution is 9.11. The van der Waals surface area contributed by atoms with Crippen LogP contribution >= 0.6 is 27.3 Å². The first-order chi connectivity index (χ1) is 8.70. The van der Waals surface area contributed by atoms with Crippen LogP contribution < -0.4 is 5.32 Å². The summed E-state index contributed by atoms with van der Waals surface area (Å²) in [5.74, 6) is 0.658. The summed E-state index contributed by atoms with van der Waals surface area (Å²) >= 11 is 5.16. The number of nitrogens with zero attached hydrogens (tertiary/aromatic N) is 3. The zero-order valence-electron chi connectivity index (χ0n) is 9.72. The maximum Gasteiger partial charge on any atom is 0.243 e. The first-order valence-electron chi connectivity index (χ1n) is 5.52. The van der Waals surface area contributed by atoms with Gasteiger partial charge >= 0.3 is 0 Å². The smallest absolute Gasteiger partial charge is 0.243 e. The maximum atomic E-state index is 4.41. The fourth-order valence-electron chi connectivity index (χ4n) is 1.67.